The van der Waals surface area contributed by atoms with Crippen molar-refractivity contribution in [1.29, 1.82) is 0 Å². The van der Waals surface area contributed by atoms with Crippen LogP contribution in [0.3, 0.4) is 0 Å². The van der Waals surface area contributed by atoms with E-state index in [1.54, 1.807) is 6.07 Å². The summed E-state index contributed by atoms with van der Waals surface area (Å²) in [5.41, 5.74) is 6.37. The molecule has 1 rings (SSSR count). The summed E-state index contributed by atoms with van der Waals surface area (Å²) in [5, 5.41) is 0. The molecule has 0 radical (unpaired) electrons. The van der Waals surface area contributed by atoms with Crippen LogP contribution in [-0.4, -0.2) is 25.0 Å². The van der Waals surface area contributed by atoms with E-state index in [4.69, 9.17) is 5.73 Å². The fourth-order valence-corrected chi connectivity index (χ4v) is 2.05. The highest BCUT2D eigenvalue weighted by Gasteiger charge is 2.14. The van der Waals surface area contributed by atoms with Gasteiger partial charge in [-0.05, 0) is 51.9 Å². The van der Waals surface area contributed by atoms with Crippen LogP contribution in [0.1, 0.15) is 38.3 Å². The summed E-state index contributed by atoms with van der Waals surface area (Å²) >= 11 is 0. The van der Waals surface area contributed by atoms with Crippen molar-refractivity contribution in [2.24, 2.45) is 11.7 Å². The molecule has 0 bridgehead atoms. The van der Waals surface area contributed by atoms with Gasteiger partial charge in [0.15, 0.2) is 0 Å². The fourth-order valence-electron chi connectivity index (χ4n) is 2.05. The summed E-state index contributed by atoms with van der Waals surface area (Å²) in [6, 6.07) is 7.11. The van der Waals surface area contributed by atoms with Gasteiger partial charge in [0.2, 0.25) is 0 Å². The van der Waals surface area contributed by atoms with E-state index in [9.17, 15) is 4.39 Å². The Morgan fingerprint density at radius 1 is 1.28 bits per heavy atom. The monoisotopic (exact) mass is 252 g/mol. The fraction of sp³-hybridized carbons (Fsp3) is 0.600. The largest absolute Gasteiger partial charge is 0.330 e. The molecule has 0 saturated carbocycles. The van der Waals surface area contributed by atoms with Gasteiger partial charge in [0.25, 0.3) is 0 Å². The lowest BCUT2D eigenvalue weighted by molar-refractivity contribution is 0.246. The van der Waals surface area contributed by atoms with Crippen molar-refractivity contribution in [3.05, 3.63) is 35.6 Å². The molecule has 0 aliphatic carbocycles. The lowest BCUT2D eigenvalue weighted by Crippen LogP contribution is -2.25. The van der Waals surface area contributed by atoms with E-state index < -0.39 is 0 Å². The molecule has 2 N–H and O–H groups in total. The summed E-state index contributed by atoms with van der Waals surface area (Å²) in [4.78, 5) is 2.20. The van der Waals surface area contributed by atoms with Gasteiger partial charge in [0.05, 0.1) is 0 Å². The predicted molar refractivity (Wildman–Crippen MR) is 74.9 cm³/mol. The maximum atomic E-state index is 13.7. The quantitative estimate of drug-likeness (QED) is 0.807. The van der Waals surface area contributed by atoms with E-state index in [1.165, 1.54) is 6.07 Å². The predicted octanol–water partition coefficient (Wildman–Crippen LogP) is 3.19. The molecule has 0 saturated heterocycles. The third kappa shape index (κ3) is 4.39. The van der Waals surface area contributed by atoms with E-state index in [0.717, 1.165) is 31.5 Å². The van der Waals surface area contributed by atoms with Crippen molar-refractivity contribution < 1.29 is 4.39 Å². The van der Waals surface area contributed by atoms with Crippen LogP contribution >= 0.6 is 0 Å². The second-order valence-corrected chi connectivity index (χ2v) is 5.16. The Morgan fingerprint density at radius 3 is 2.56 bits per heavy atom. The molecule has 1 aromatic rings. The molecule has 3 heteroatoms. The summed E-state index contributed by atoms with van der Waals surface area (Å²) in [6.45, 7) is 5.93. The van der Waals surface area contributed by atoms with Gasteiger partial charge in [-0.25, -0.2) is 4.39 Å². The van der Waals surface area contributed by atoms with Crippen LogP contribution in [-0.2, 0) is 0 Å². The van der Waals surface area contributed by atoms with Crippen LogP contribution in [0, 0.1) is 11.7 Å². The maximum absolute atomic E-state index is 13.7. The first kappa shape index (κ1) is 15.1. The summed E-state index contributed by atoms with van der Waals surface area (Å²) in [5.74, 6) is 0.453. The summed E-state index contributed by atoms with van der Waals surface area (Å²) in [7, 11) is 2.05. The molecule has 18 heavy (non-hydrogen) atoms. The molecule has 2 atom stereocenters. The van der Waals surface area contributed by atoms with Gasteiger partial charge >= 0.3 is 0 Å². The van der Waals surface area contributed by atoms with E-state index in [0.29, 0.717) is 5.92 Å². The van der Waals surface area contributed by atoms with Crippen molar-refractivity contribution >= 4 is 0 Å². The molecular weight excluding hydrogens is 227 g/mol. The smallest absolute Gasteiger partial charge is 0.127 e. The van der Waals surface area contributed by atoms with Gasteiger partial charge in [0, 0.05) is 11.6 Å². The van der Waals surface area contributed by atoms with Crippen molar-refractivity contribution in [2.45, 2.75) is 32.7 Å². The lowest BCUT2D eigenvalue weighted by Gasteiger charge is -2.25. The zero-order valence-corrected chi connectivity index (χ0v) is 11.7. The minimum Gasteiger partial charge on any atom is -0.330 e. The van der Waals surface area contributed by atoms with E-state index >= 15 is 0 Å². The van der Waals surface area contributed by atoms with Gasteiger partial charge in [-0.15, -0.1) is 0 Å². The van der Waals surface area contributed by atoms with Crippen molar-refractivity contribution in [2.75, 3.05) is 20.1 Å². The number of hydrogen-bond acceptors (Lipinski definition) is 2. The Balaban J connectivity index is 2.47. The second kappa shape index (κ2) is 7.49. The zero-order valence-electron chi connectivity index (χ0n) is 11.7. The molecule has 0 amide bonds. The van der Waals surface area contributed by atoms with E-state index in [1.807, 2.05) is 26.1 Å². The number of rotatable bonds is 7. The Kier molecular flexibility index (Phi) is 6.30. The average molecular weight is 252 g/mol. The first-order valence-corrected chi connectivity index (χ1v) is 6.71. The molecule has 102 valence electrons. The van der Waals surface area contributed by atoms with Crippen LogP contribution in [0.15, 0.2) is 24.3 Å². The number of nitrogens with two attached hydrogens (primary N) is 1. The topological polar surface area (TPSA) is 29.3 Å². The minimum atomic E-state index is -0.118. The lowest BCUT2D eigenvalue weighted by atomic mass is 10.0. The SMILES string of the molecule is CC(CN)CCCN(C)C(C)c1ccccc1F. The molecule has 0 aliphatic rings. The molecular formula is C15H25FN2. The molecule has 0 aromatic heterocycles. The normalized spacial score (nSPS) is 14.8. The first-order chi connectivity index (χ1) is 8.56. The molecule has 1 aromatic carbocycles. The molecule has 2 unspecified atom stereocenters. The zero-order chi connectivity index (χ0) is 13.5. The Hall–Kier alpha value is -0.930. The Labute approximate surface area is 110 Å². The third-order valence-corrected chi connectivity index (χ3v) is 3.63. The standard InChI is InChI=1S/C15H25FN2/c1-12(11-17)7-6-10-18(3)13(2)14-8-4-5-9-15(14)16/h4-5,8-9,12-13H,6-7,10-11,17H2,1-3H3. The maximum Gasteiger partial charge on any atom is 0.127 e. The summed E-state index contributed by atoms with van der Waals surface area (Å²) in [6.07, 6.45) is 2.23. The highest BCUT2D eigenvalue weighted by Crippen LogP contribution is 2.21. The number of halogens is 1. The average Bonchev–Trinajstić information content (AvgIpc) is 2.38. The molecule has 0 aliphatic heterocycles. The van der Waals surface area contributed by atoms with E-state index in [2.05, 4.69) is 11.8 Å². The minimum absolute atomic E-state index is 0.111. The van der Waals surface area contributed by atoms with Crippen molar-refractivity contribution in [1.82, 2.24) is 4.90 Å². The van der Waals surface area contributed by atoms with Crippen molar-refractivity contribution in [3.63, 3.8) is 0 Å². The first-order valence-electron chi connectivity index (χ1n) is 6.71. The van der Waals surface area contributed by atoms with Crippen LogP contribution in [0.25, 0.3) is 0 Å². The van der Waals surface area contributed by atoms with Crippen LogP contribution in [0.2, 0.25) is 0 Å². The highest BCUT2D eigenvalue weighted by molar-refractivity contribution is 5.20. The number of benzene rings is 1. The molecule has 0 fully saturated rings. The van der Waals surface area contributed by atoms with Crippen molar-refractivity contribution in [3.8, 4) is 0 Å². The number of nitrogens with zero attached hydrogens (tertiary/aromatic N) is 1. The van der Waals surface area contributed by atoms with Gasteiger partial charge in [0.1, 0.15) is 5.82 Å². The van der Waals surface area contributed by atoms with Gasteiger partial charge in [-0.1, -0.05) is 25.1 Å². The van der Waals surface area contributed by atoms with Crippen LogP contribution in [0.4, 0.5) is 4.39 Å². The summed E-state index contributed by atoms with van der Waals surface area (Å²) < 4.78 is 13.7. The highest BCUT2D eigenvalue weighted by atomic mass is 19.1. The molecule has 2 nitrogen and oxygen atoms in total. The second-order valence-electron chi connectivity index (χ2n) is 5.16. The van der Waals surface area contributed by atoms with Gasteiger partial charge < -0.3 is 5.73 Å². The van der Waals surface area contributed by atoms with Gasteiger partial charge in [-0.3, -0.25) is 4.90 Å². The van der Waals surface area contributed by atoms with E-state index in [-0.39, 0.29) is 11.9 Å². The van der Waals surface area contributed by atoms with Crippen LogP contribution in [0.5, 0.6) is 0 Å². The molecule has 0 spiro atoms. The third-order valence-electron chi connectivity index (χ3n) is 3.63. The molecule has 0 heterocycles. The number of hydrogen-bond donors (Lipinski definition) is 1. The van der Waals surface area contributed by atoms with Crippen LogP contribution < -0.4 is 5.73 Å². The Bertz CT molecular complexity index is 354. The van der Waals surface area contributed by atoms with Gasteiger partial charge in [-0.2, -0.15) is 0 Å². The Morgan fingerprint density at radius 2 is 1.94 bits per heavy atom.